The number of nitrogens with one attached hydrogen (secondary N) is 1. The summed E-state index contributed by atoms with van der Waals surface area (Å²) in [7, 11) is 0. The normalized spacial score (nSPS) is 11.7. The predicted octanol–water partition coefficient (Wildman–Crippen LogP) is 4.69. The molecule has 3 aromatic rings. The van der Waals surface area contributed by atoms with E-state index in [4.69, 9.17) is 0 Å². The van der Waals surface area contributed by atoms with E-state index in [0.29, 0.717) is 0 Å². The summed E-state index contributed by atoms with van der Waals surface area (Å²) in [5.74, 6) is 0.965. The van der Waals surface area contributed by atoms with Crippen LogP contribution in [0.15, 0.2) is 54.0 Å². The van der Waals surface area contributed by atoms with Gasteiger partial charge in [-0.15, -0.1) is 11.3 Å². The number of hydrogen-bond donors (Lipinski definition) is 1. The molecule has 3 heteroatoms. The van der Waals surface area contributed by atoms with Crippen LogP contribution in [0.4, 0.5) is 5.82 Å². The van der Waals surface area contributed by atoms with E-state index in [2.05, 4.69) is 65.9 Å². The molecular formula is C17H18N2S. The maximum absolute atomic E-state index is 4.48. The first-order valence-corrected chi connectivity index (χ1v) is 7.66. The topological polar surface area (TPSA) is 24.9 Å². The van der Waals surface area contributed by atoms with Gasteiger partial charge >= 0.3 is 0 Å². The lowest BCUT2D eigenvalue weighted by Gasteiger charge is -2.24. The molecule has 0 bridgehead atoms. The summed E-state index contributed by atoms with van der Waals surface area (Å²) in [5, 5.41) is 8.04. The third-order valence-corrected chi connectivity index (χ3v) is 4.80. The van der Waals surface area contributed by atoms with Crippen LogP contribution in [-0.2, 0) is 5.41 Å². The Balaban J connectivity index is 1.84. The zero-order chi connectivity index (χ0) is 14.0. The molecule has 0 atom stereocenters. The Morgan fingerprint density at radius 3 is 2.75 bits per heavy atom. The molecule has 2 heterocycles. The van der Waals surface area contributed by atoms with Crippen LogP contribution < -0.4 is 5.32 Å². The van der Waals surface area contributed by atoms with Crippen molar-refractivity contribution in [2.45, 2.75) is 19.3 Å². The van der Waals surface area contributed by atoms with E-state index in [-0.39, 0.29) is 5.41 Å². The van der Waals surface area contributed by atoms with Crippen molar-refractivity contribution < 1.29 is 0 Å². The van der Waals surface area contributed by atoms with E-state index in [9.17, 15) is 0 Å². The number of nitrogens with zero attached hydrogens (tertiary/aromatic N) is 1. The first kappa shape index (κ1) is 13.1. The summed E-state index contributed by atoms with van der Waals surface area (Å²) in [6.45, 7) is 5.39. The first-order valence-electron chi connectivity index (χ1n) is 6.78. The highest BCUT2D eigenvalue weighted by molar-refractivity contribution is 7.10. The maximum atomic E-state index is 4.48. The Morgan fingerprint density at radius 1 is 1.10 bits per heavy atom. The van der Waals surface area contributed by atoms with Crippen LogP contribution in [0.2, 0.25) is 0 Å². The van der Waals surface area contributed by atoms with E-state index < -0.39 is 0 Å². The minimum atomic E-state index is 0.104. The monoisotopic (exact) mass is 282 g/mol. The van der Waals surface area contributed by atoms with Gasteiger partial charge in [-0.25, -0.2) is 4.98 Å². The van der Waals surface area contributed by atoms with Crippen LogP contribution in [0.5, 0.6) is 0 Å². The largest absolute Gasteiger partial charge is 0.369 e. The molecule has 102 valence electrons. The van der Waals surface area contributed by atoms with Gasteiger partial charge in [-0.1, -0.05) is 44.2 Å². The fourth-order valence-electron chi connectivity index (χ4n) is 2.32. The van der Waals surface area contributed by atoms with E-state index >= 15 is 0 Å². The fraction of sp³-hybridized carbons (Fsp3) is 0.235. The van der Waals surface area contributed by atoms with Crippen LogP contribution in [0.1, 0.15) is 18.7 Å². The highest BCUT2D eigenvalue weighted by Crippen LogP contribution is 2.28. The third kappa shape index (κ3) is 2.54. The Morgan fingerprint density at radius 2 is 1.95 bits per heavy atom. The Labute approximate surface area is 123 Å². The van der Waals surface area contributed by atoms with Crippen LogP contribution >= 0.6 is 11.3 Å². The van der Waals surface area contributed by atoms with Crippen molar-refractivity contribution in [3.8, 4) is 0 Å². The molecule has 3 rings (SSSR count). The average molecular weight is 282 g/mol. The summed E-state index contributed by atoms with van der Waals surface area (Å²) in [6, 6.07) is 14.7. The van der Waals surface area contributed by atoms with Gasteiger partial charge in [-0.3, -0.25) is 0 Å². The van der Waals surface area contributed by atoms with Crippen LogP contribution in [0, 0.1) is 0 Å². The molecule has 0 aliphatic rings. The molecule has 0 fully saturated rings. The van der Waals surface area contributed by atoms with Crippen molar-refractivity contribution in [1.29, 1.82) is 0 Å². The Hall–Kier alpha value is -1.87. The molecule has 0 amide bonds. The highest BCUT2D eigenvalue weighted by Gasteiger charge is 2.21. The second-order valence-corrected chi connectivity index (χ2v) is 6.54. The number of benzene rings is 1. The molecule has 0 unspecified atom stereocenters. The summed E-state index contributed by atoms with van der Waals surface area (Å²) in [6.07, 6.45) is 1.86. The third-order valence-electron chi connectivity index (χ3n) is 3.56. The van der Waals surface area contributed by atoms with Crippen molar-refractivity contribution in [2.24, 2.45) is 0 Å². The summed E-state index contributed by atoms with van der Waals surface area (Å²) in [5.41, 5.74) is 0.104. The van der Waals surface area contributed by atoms with Gasteiger partial charge in [-0.2, -0.15) is 0 Å². The van der Waals surface area contributed by atoms with Crippen molar-refractivity contribution in [1.82, 2.24) is 4.98 Å². The molecule has 2 nitrogen and oxygen atoms in total. The number of thiophene rings is 1. The molecule has 0 aliphatic heterocycles. The van der Waals surface area contributed by atoms with Crippen LogP contribution in [-0.4, -0.2) is 11.5 Å². The smallest absolute Gasteiger partial charge is 0.133 e. The van der Waals surface area contributed by atoms with Crippen LogP contribution in [0.25, 0.3) is 10.8 Å². The number of hydrogen-bond acceptors (Lipinski definition) is 3. The predicted molar refractivity (Wildman–Crippen MR) is 87.6 cm³/mol. The van der Waals surface area contributed by atoms with Crippen molar-refractivity contribution >= 4 is 27.9 Å². The lowest BCUT2D eigenvalue weighted by atomic mass is 9.91. The molecule has 2 aromatic heterocycles. The Bertz CT molecular complexity index is 697. The molecule has 0 spiro atoms. The molecule has 0 radical (unpaired) electrons. The summed E-state index contributed by atoms with van der Waals surface area (Å²) in [4.78, 5) is 5.88. The standard InChI is InChI=1S/C17H18N2S/c1-17(2,15-8-5-11-20-15)12-19-16-14-7-4-3-6-13(14)9-10-18-16/h3-11H,12H2,1-2H3,(H,18,19). The Kier molecular flexibility index (Phi) is 3.45. The molecule has 1 aromatic carbocycles. The summed E-state index contributed by atoms with van der Waals surface area (Å²) >= 11 is 1.81. The first-order chi connectivity index (χ1) is 9.67. The zero-order valence-electron chi connectivity index (χ0n) is 11.8. The van der Waals surface area contributed by atoms with Gasteiger partial charge in [0.1, 0.15) is 5.82 Å². The number of fused-ring (bicyclic) bond motifs is 1. The van der Waals surface area contributed by atoms with Crippen LogP contribution in [0.3, 0.4) is 0 Å². The van der Waals surface area contributed by atoms with Gasteiger partial charge < -0.3 is 5.32 Å². The zero-order valence-corrected chi connectivity index (χ0v) is 12.6. The maximum Gasteiger partial charge on any atom is 0.133 e. The van der Waals surface area contributed by atoms with E-state index in [0.717, 1.165) is 12.4 Å². The molecule has 0 saturated carbocycles. The van der Waals surface area contributed by atoms with E-state index in [1.165, 1.54) is 15.6 Å². The van der Waals surface area contributed by atoms with Gasteiger partial charge in [-0.05, 0) is 22.9 Å². The number of aromatic nitrogens is 1. The van der Waals surface area contributed by atoms with Gasteiger partial charge in [0.2, 0.25) is 0 Å². The van der Waals surface area contributed by atoms with Gasteiger partial charge in [0.15, 0.2) is 0 Å². The lowest BCUT2D eigenvalue weighted by Crippen LogP contribution is -2.26. The molecule has 0 aliphatic carbocycles. The van der Waals surface area contributed by atoms with Crippen molar-refractivity contribution in [3.63, 3.8) is 0 Å². The minimum Gasteiger partial charge on any atom is -0.369 e. The van der Waals surface area contributed by atoms with Gasteiger partial charge in [0.05, 0.1) is 0 Å². The highest BCUT2D eigenvalue weighted by atomic mass is 32.1. The molecule has 20 heavy (non-hydrogen) atoms. The lowest BCUT2D eigenvalue weighted by molar-refractivity contribution is 0.568. The number of anilines is 1. The fourth-order valence-corrected chi connectivity index (χ4v) is 3.17. The second-order valence-electron chi connectivity index (χ2n) is 5.60. The molecule has 1 N–H and O–H groups in total. The number of rotatable bonds is 4. The van der Waals surface area contributed by atoms with E-state index in [1.807, 2.05) is 23.6 Å². The second kappa shape index (κ2) is 5.25. The SMILES string of the molecule is CC(C)(CNc1nccc2ccccc12)c1cccs1. The quantitative estimate of drug-likeness (QED) is 0.751. The average Bonchev–Trinajstić information content (AvgIpc) is 3.00. The number of pyridine rings is 1. The molecular weight excluding hydrogens is 264 g/mol. The summed E-state index contributed by atoms with van der Waals surface area (Å²) < 4.78 is 0. The van der Waals surface area contributed by atoms with Crippen molar-refractivity contribution in [3.05, 3.63) is 58.9 Å². The van der Waals surface area contributed by atoms with E-state index in [1.54, 1.807) is 0 Å². The minimum absolute atomic E-state index is 0.104. The molecule has 0 saturated heterocycles. The van der Waals surface area contributed by atoms with Gasteiger partial charge in [0.25, 0.3) is 0 Å². The van der Waals surface area contributed by atoms with Gasteiger partial charge in [0, 0.05) is 28.4 Å². The van der Waals surface area contributed by atoms with Crippen molar-refractivity contribution in [2.75, 3.05) is 11.9 Å².